The van der Waals surface area contributed by atoms with Crippen molar-refractivity contribution in [3.05, 3.63) is 63.7 Å². The zero-order chi connectivity index (χ0) is 18.8. The van der Waals surface area contributed by atoms with E-state index in [4.69, 9.17) is 11.6 Å². The Hall–Kier alpha value is -1.89. The van der Waals surface area contributed by atoms with Gasteiger partial charge in [0.2, 0.25) is 10.0 Å². The molecule has 1 atom stereocenters. The minimum absolute atomic E-state index is 0.00575. The number of nitrogens with one attached hydrogen (secondary N) is 1. The van der Waals surface area contributed by atoms with Gasteiger partial charge in [0, 0.05) is 6.04 Å². The quantitative estimate of drug-likeness (QED) is 0.800. The highest BCUT2D eigenvalue weighted by molar-refractivity contribution is 7.89. The van der Waals surface area contributed by atoms with Crippen LogP contribution in [0.5, 0.6) is 0 Å². The number of carbonyl (C=O) groups excluding carboxylic acids is 1. The third-order valence-corrected chi connectivity index (χ3v) is 5.75. The third kappa shape index (κ3) is 4.39. The molecule has 0 amide bonds. The summed E-state index contributed by atoms with van der Waals surface area (Å²) in [6, 6.07) is 9.34. The molecule has 1 N–H and O–H groups in total. The second-order valence-electron chi connectivity index (χ2n) is 5.84. The number of benzene rings is 2. The second-order valence-corrected chi connectivity index (χ2v) is 7.96. The standard InChI is InChI=1S/C18H20ClNO4S/c1-11-5-7-15(12(2)9-11)13(3)20-25(22,23)14-6-8-17(19)16(10-14)18(21)24-4/h5-10,13,20H,1-4H3/t13-/m1/s1. The molecule has 5 nitrogen and oxygen atoms in total. The molecule has 0 saturated heterocycles. The van der Waals surface area contributed by atoms with Crippen molar-refractivity contribution in [2.24, 2.45) is 0 Å². The van der Waals surface area contributed by atoms with E-state index in [1.54, 1.807) is 6.92 Å². The van der Waals surface area contributed by atoms with Gasteiger partial charge in [-0.3, -0.25) is 0 Å². The van der Waals surface area contributed by atoms with Crippen LogP contribution in [0.1, 0.15) is 40.0 Å². The van der Waals surface area contributed by atoms with E-state index in [9.17, 15) is 13.2 Å². The first-order valence-corrected chi connectivity index (χ1v) is 9.49. The molecular formula is C18H20ClNO4S. The van der Waals surface area contributed by atoms with Gasteiger partial charge in [-0.2, -0.15) is 0 Å². The van der Waals surface area contributed by atoms with Crippen LogP contribution in [0.4, 0.5) is 0 Å². The second kappa shape index (κ2) is 7.56. The number of esters is 1. The SMILES string of the molecule is COC(=O)c1cc(S(=O)(=O)N[C@H](C)c2ccc(C)cc2C)ccc1Cl. The molecule has 0 saturated carbocycles. The van der Waals surface area contributed by atoms with Crippen LogP contribution in [-0.2, 0) is 14.8 Å². The Labute approximate surface area is 153 Å². The molecule has 0 fully saturated rings. The van der Waals surface area contributed by atoms with Crippen LogP contribution in [0.3, 0.4) is 0 Å². The van der Waals surface area contributed by atoms with Crippen LogP contribution in [0.15, 0.2) is 41.3 Å². The predicted octanol–water partition coefficient (Wildman–Crippen LogP) is 3.78. The van der Waals surface area contributed by atoms with Crippen molar-refractivity contribution in [1.82, 2.24) is 4.72 Å². The van der Waals surface area contributed by atoms with Gasteiger partial charge in [0.1, 0.15) is 0 Å². The van der Waals surface area contributed by atoms with Gasteiger partial charge in [0.15, 0.2) is 0 Å². The van der Waals surface area contributed by atoms with Gasteiger partial charge < -0.3 is 4.74 Å². The number of aryl methyl sites for hydroxylation is 2. The van der Waals surface area contributed by atoms with Crippen LogP contribution in [0.2, 0.25) is 5.02 Å². The minimum atomic E-state index is -3.83. The Bertz CT molecular complexity index is 909. The van der Waals surface area contributed by atoms with E-state index in [1.165, 1.54) is 25.3 Å². The first kappa shape index (κ1) is 19.4. The lowest BCUT2D eigenvalue weighted by molar-refractivity contribution is 0.0600. The Balaban J connectivity index is 2.34. The average molecular weight is 382 g/mol. The Morgan fingerprint density at radius 1 is 1.16 bits per heavy atom. The van der Waals surface area contributed by atoms with Crippen molar-refractivity contribution in [2.75, 3.05) is 7.11 Å². The maximum absolute atomic E-state index is 12.7. The smallest absolute Gasteiger partial charge is 0.339 e. The molecule has 2 rings (SSSR count). The van der Waals surface area contributed by atoms with E-state index >= 15 is 0 Å². The lowest BCUT2D eigenvalue weighted by Gasteiger charge is -2.17. The largest absolute Gasteiger partial charge is 0.465 e. The molecule has 0 heterocycles. The van der Waals surface area contributed by atoms with Gasteiger partial charge in [-0.05, 0) is 50.1 Å². The van der Waals surface area contributed by atoms with E-state index in [0.717, 1.165) is 16.7 Å². The van der Waals surface area contributed by atoms with Crippen LogP contribution in [0, 0.1) is 13.8 Å². The molecule has 0 aliphatic carbocycles. The zero-order valence-electron chi connectivity index (χ0n) is 14.5. The van der Waals surface area contributed by atoms with Gasteiger partial charge in [-0.15, -0.1) is 0 Å². The van der Waals surface area contributed by atoms with Gasteiger partial charge >= 0.3 is 5.97 Å². The zero-order valence-corrected chi connectivity index (χ0v) is 16.0. The minimum Gasteiger partial charge on any atom is -0.465 e. The Morgan fingerprint density at radius 3 is 2.44 bits per heavy atom. The average Bonchev–Trinajstić information content (AvgIpc) is 2.53. The number of hydrogen-bond acceptors (Lipinski definition) is 4. The summed E-state index contributed by atoms with van der Waals surface area (Å²) in [6.07, 6.45) is 0. The van der Waals surface area contributed by atoms with Gasteiger partial charge in [-0.1, -0.05) is 35.4 Å². The maximum atomic E-state index is 12.7. The highest BCUT2D eigenvalue weighted by atomic mass is 35.5. The number of rotatable bonds is 5. The lowest BCUT2D eigenvalue weighted by Crippen LogP contribution is -2.27. The molecule has 0 radical (unpaired) electrons. The molecule has 0 bridgehead atoms. The lowest BCUT2D eigenvalue weighted by atomic mass is 10.0. The molecule has 0 aliphatic heterocycles. The van der Waals surface area contributed by atoms with Crippen molar-refractivity contribution >= 4 is 27.6 Å². The van der Waals surface area contributed by atoms with Crippen molar-refractivity contribution in [3.8, 4) is 0 Å². The first-order chi connectivity index (χ1) is 11.7. The summed E-state index contributed by atoms with van der Waals surface area (Å²) in [6.45, 7) is 5.69. The summed E-state index contributed by atoms with van der Waals surface area (Å²) < 4.78 is 32.6. The molecule has 0 aromatic heterocycles. The highest BCUT2D eigenvalue weighted by Gasteiger charge is 2.22. The fourth-order valence-electron chi connectivity index (χ4n) is 2.61. The fourth-order valence-corrected chi connectivity index (χ4v) is 4.06. The number of carbonyl (C=O) groups is 1. The maximum Gasteiger partial charge on any atom is 0.339 e. The van der Waals surface area contributed by atoms with E-state index in [1.807, 2.05) is 32.0 Å². The normalized spacial score (nSPS) is 12.7. The first-order valence-electron chi connectivity index (χ1n) is 7.63. The monoisotopic (exact) mass is 381 g/mol. The summed E-state index contributed by atoms with van der Waals surface area (Å²) in [5.41, 5.74) is 3.00. The summed E-state index contributed by atoms with van der Waals surface area (Å²) in [5, 5.41) is 0.133. The van der Waals surface area contributed by atoms with E-state index < -0.39 is 22.0 Å². The van der Waals surface area contributed by atoms with E-state index in [-0.39, 0.29) is 15.5 Å². The molecule has 25 heavy (non-hydrogen) atoms. The number of sulfonamides is 1. The van der Waals surface area contributed by atoms with Crippen LogP contribution in [-0.4, -0.2) is 21.5 Å². The molecule has 2 aromatic carbocycles. The number of ether oxygens (including phenoxy) is 1. The molecular weight excluding hydrogens is 362 g/mol. The summed E-state index contributed by atoms with van der Waals surface area (Å²) in [5.74, 6) is -0.690. The predicted molar refractivity (Wildman–Crippen MR) is 97.4 cm³/mol. The third-order valence-electron chi connectivity index (χ3n) is 3.88. The summed E-state index contributed by atoms with van der Waals surface area (Å²) in [4.78, 5) is 11.7. The molecule has 2 aromatic rings. The highest BCUT2D eigenvalue weighted by Crippen LogP contribution is 2.24. The molecule has 0 aliphatic rings. The van der Waals surface area contributed by atoms with Crippen molar-refractivity contribution < 1.29 is 17.9 Å². The summed E-state index contributed by atoms with van der Waals surface area (Å²) >= 11 is 5.94. The molecule has 7 heteroatoms. The van der Waals surface area contributed by atoms with Crippen LogP contribution in [0.25, 0.3) is 0 Å². The molecule has 0 spiro atoms. The summed E-state index contributed by atoms with van der Waals surface area (Å²) in [7, 11) is -2.62. The molecule has 0 unspecified atom stereocenters. The van der Waals surface area contributed by atoms with Crippen molar-refractivity contribution in [1.29, 1.82) is 0 Å². The van der Waals surface area contributed by atoms with Crippen molar-refractivity contribution in [3.63, 3.8) is 0 Å². The Morgan fingerprint density at radius 2 is 1.84 bits per heavy atom. The molecule has 134 valence electrons. The topological polar surface area (TPSA) is 72.5 Å². The number of methoxy groups -OCH3 is 1. The number of halogens is 1. The van der Waals surface area contributed by atoms with Crippen molar-refractivity contribution in [2.45, 2.75) is 31.7 Å². The van der Waals surface area contributed by atoms with Crippen LogP contribution >= 0.6 is 11.6 Å². The van der Waals surface area contributed by atoms with E-state index in [0.29, 0.717) is 0 Å². The Kier molecular flexibility index (Phi) is 5.87. The van der Waals surface area contributed by atoms with E-state index in [2.05, 4.69) is 9.46 Å². The van der Waals surface area contributed by atoms with Crippen LogP contribution < -0.4 is 4.72 Å². The fraction of sp³-hybridized carbons (Fsp3) is 0.278. The van der Waals surface area contributed by atoms with Gasteiger partial charge in [0.05, 0.1) is 22.6 Å². The van der Waals surface area contributed by atoms with Gasteiger partial charge in [-0.25, -0.2) is 17.9 Å². The van der Waals surface area contributed by atoms with Gasteiger partial charge in [0.25, 0.3) is 0 Å². The number of hydrogen-bond donors (Lipinski definition) is 1.